The molecule has 1 atom stereocenters. The molecule has 1 amide bonds. The van der Waals surface area contributed by atoms with Gasteiger partial charge in [-0.3, -0.25) is 9.35 Å². The van der Waals surface area contributed by atoms with E-state index in [0.717, 1.165) is 10.4 Å². The maximum atomic E-state index is 13.6. The first-order chi connectivity index (χ1) is 25.7. The Bertz CT molecular complexity index is 2600. The molecule has 1 aromatic heterocycles. The van der Waals surface area contributed by atoms with E-state index in [4.69, 9.17) is 8.97 Å². The highest BCUT2D eigenvalue weighted by atomic mass is 32.2. The van der Waals surface area contributed by atoms with Crippen LogP contribution in [-0.4, -0.2) is 53.9 Å². The van der Waals surface area contributed by atoms with Gasteiger partial charge in [0, 0.05) is 18.0 Å². The van der Waals surface area contributed by atoms with Gasteiger partial charge in [0.05, 0.1) is 16.1 Å². The zero-order valence-electron chi connectivity index (χ0n) is 28.3. The van der Waals surface area contributed by atoms with Crippen LogP contribution >= 0.6 is 0 Å². The van der Waals surface area contributed by atoms with Crippen LogP contribution in [0.1, 0.15) is 33.9 Å². The molecule has 2 heterocycles. The highest BCUT2D eigenvalue weighted by Gasteiger charge is 2.37. The molecular weight excluding hydrogens is 792 g/mol. The maximum absolute atomic E-state index is 13.6. The van der Waals surface area contributed by atoms with Crippen molar-refractivity contribution in [1.29, 1.82) is 0 Å². The van der Waals surface area contributed by atoms with Crippen LogP contribution in [0.25, 0.3) is 11.0 Å². The van der Waals surface area contributed by atoms with E-state index < -0.39 is 65.4 Å². The van der Waals surface area contributed by atoms with E-state index in [0.29, 0.717) is 22.9 Å². The predicted octanol–water partition coefficient (Wildman–Crippen LogP) is 4.47. The first kappa shape index (κ1) is 40.9. The quantitative estimate of drug-likeness (QED) is 0.0828. The van der Waals surface area contributed by atoms with Crippen LogP contribution in [0.2, 0.25) is 0 Å². The number of amides is 1. The summed E-state index contributed by atoms with van der Waals surface area (Å²) in [6, 6.07) is 23.4. The molecular formula is C35H32F3N3O11S3. The summed E-state index contributed by atoms with van der Waals surface area (Å²) in [7, 11) is -12.4. The molecule has 6 rings (SSSR count). The van der Waals surface area contributed by atoms with E-state index in [1.807, 2.05) is 4.72 Å². The number of hydrogen-bond acceptors (Lipinski definition) is 10. The lowest BCUT2D eigenvalue weighted by Gasteiger charge is -2.21. The number of sulfonamides is 1. The minimum absolute atomic E-state index is 0.0337. The molecule has 0 radical (unpaired) electrons. The number of anilines is 1. The summed E-state index contributed by atoms with van der Waals surface area (Å²) in [6.45, 7) is -0.499. The van der Waals surface area contributed by atoms with Gasteiger partial charge in [0.15, 0.2) is 0 Å². The second kappa shape index (κ2) is 16.2. The second-order valence-electron chi connectivity index (χ2n) is 12.1. The summed E-state index contributed by atoms with van der Waals surface area (Å²) in [5.41, 5.74) is -0.421. The Morgan fingerprint density at radius 3 is 2.22 bits per heavy atom. The lowest BCUT2D eigenvalue weighted by Crippen LogP contribution is -2.32. The van der Waals surface area contributed by atoms with E-state index in [9.17, 15) is 53.1 Å². The van der Waals surface area contributed by atoms with Crippen LogP contribution in [0, 0.1) is 0 Å². The number of hydrogen-bond donors (Lipinski definition) is 4. The molecule has 1 saturated heterocycles. The zero-order chi connectivity index (χ0) is 40.2. The summed E-state index contributed by atoms with van der Waals surface area (Å²) in [5.74, 6) is -1.10. The van der Waals surface area contributed by atoms with Crippen LogP contribution in [0.15, 0.2) is 117 Å². The summed E-state index contributed by atoms with van der Waals surface area (Å²) < 4.78 is 132. The number of phenolic OH excluding ortho intramolecular Hbond substituents is 1. The Kier molecular flexibility index (Phi) is 12.1. The molecule has 0 spiro atoms. The van der Waals surface area contributed by atoms with Gasteiger partial charge >= 0.3 is 22.0 Å². The van der Waals surface area contributed by atoms with Gasteiger partial charge in [-0.25, -0.2) is 27.0 Å². The number of nitrogens with zero attached hydrogens (tertiary/aromatic N) is 1. The maximum Gasteiger partial charge on any atom is 0.416 e. The third kappa shape index (κ3) is 10.3. The first-order valence-electron chi connectivity index (χ1n) is 16.1. The second-order valence-corrected chi connectivity index (χ2v) is 17.1. The summed E-state index contributed by atoms with van der Waals surface area (Å²) in [4.78, 5) is 22.1. The third-order valence-corrected chi connectivity index (χ3v) is 12.3. The Morgan fingerprint density at radius 1 is 0.891 bits per heavy atom. The fraction of sp³-hybridized carbons (Fsp3) is 0.200. The van der Waals surface area contributed by atoms with Crippen molar-refractivity contribution < 1.29 is 57.3 Å². The molecule has 55 heavy (non-hydrogen) atoms. The fourth-order valence-corrected chi connectivity index (χ4v) is 8.89. The number of phenols is 1. The van der Waals surface area contributed by atoms with Gasteiger partial charge < -0.3 is 9.52 Å². The lowest BCUT2D eigenvalue weighted by atomic mass is 9.99. The summed E-state index contributed by atoms with van der Waals surface area (Å²) in [6.07, 6.45) is -4.45. The van der Waals surface area contributed by atoms with Crippen LogP contribution in [0.4, 0.5) is 18.9 Å². The highest BCUT2D eigenvalue weighted by molar-refractivity contribution is 7.92. The summed E-state index contributed by atoms with van der Waals surface area (Å²) in [5, 5.41) is 9.49. The third-order valence-electron chi connectivity index (χ3n) is 8.24. The number of halogens is 3. The summed E-state index contributed by atoms with van der Waals surface area (Å²) >= 11 is 0. The first-order valence-corrected chi connectivity index (χ1v) is 20.5. The smallest absolute Gasteiger partial charge is 0.416 e. The number of fused-ring (bicyclic) bond motifs is 1. The number of nitrogens with one attached hydrogen (secondary N) is 2. The fourth-order valence-electron chi connectivity index (χ4n) is 5.66. The Hall–Kier alpha value is -5.28. The molecule has 20 heteroatoms. The number of aromatic hydroxyl groups is 1. The monoisotopic (exact) mass is 823 g/mol. The van der Waals surface area contributed by atoms with E-state index in [1.165, 1.54) is 60.7 Å². The molecule has 1 unspecified atom stereocenters. The SMILES string of the molecule is O=C1CN(c2ccc(CCCNS(=O)(=O)C(Cc3ccccc3C(F)(F)F)c3ccccc3)cc2O)S(=O)(=O)N1.O=c1ccc2cc(S(=O)(=O)O)ccc2o1. The van der Waals surface area contributed by atoms with Crippen molar-refractivity contribution in [1.82, 2.24) is 9.44 Å². The van der Waals surface area contributed by atoms with Gasteiger partial charge in [-0.05, 0) is 78.4 Å². The van der Waals surface area contributed by atoms with E-state index in [-0.39, 0.29) is 46.9 Å². The molecule has 0 aliphatic carbocycles. The number of carbonyl (C=O) groups excluding carboxylic acids is 1. The standard InChI is InChI=1S/C26H26F3N3O6S2.C9H6O5S/c27-26(28,29)21-11-5-4-10-20(21)16-24(19-8-2-1-3-9-19)39(35,36)30-14-6-7-18-12-13-22(23(33)15-18)32-17-25(34)31-40(32,37)38;10-9-4-1-6-5-7(15(11,12)13)2-3-8(6)14-9/h1-5,8-13,15,24,30,33H,6-7,14,16-17H2,(H,31,34);1-5H,(H,11,12,13). The number of alkyl halides is 3. The van der Waals surface area contributed by atoms with Crippen LogP contribution in [-0.2, 0) is 54.2 Å². The zero-order valence-corrected chi connectivity index (χ0v) is 30.8. The predicted molar refractivity (Wildman–Crippen MR) is 194 cm³/mol. The van der Waals surface area contributed by atoms with Crippen molar-refractivity contribution in [3.05, 3.63) is 136 Å². The Morgan fingerprint density at radius 2 is 1.58 bits per heavy atom. The molecule has 14 nitrogen and oxygen atoms in total. The average molecular weight is 824 g/mol. The molecule has 0 saturated carbocycles. The average Bonchev–Trinajstić information content (AvgIpc) is 3.39. The number of benzene rings is 4. The van der Waals surface area contributed by atoms with Crippen molar-refractivity contribution in [3.8, 4) is 5.75 Å². The highest BCUT2D eigenvalue weighted by Crippen LogP contribution is 2.36. The van der Waals surface area contributed by atoms with Gasteiger partial charge in [0.25, 0.3) is 16.0 Å². The van der Waals surface area contributed by atoms with Gasteiger partial charge in [-0.1, -0.05) is 54.6 Å². The van der Waals surface area contributed by atoms with Gasteiger partial charge in [0.1, 0.15) is 23.1 Å². The van der Waals surface area contributed by atoms with E-state index >= 15 is 0 Å². The van der Waals surface area contributed by atoms with Crippen molar-refractivity contribution in [2.24, 2.45) is 0 Å². The Balaban J connectivity index is 0.000000321. The van der Waals surface area contributed by atoms with E-state index in [2.05, 4.69) is 4.72 Å². The molecule has 4 N–H and O–H groups in total. The minimum atomic E-state index is -4.64. The molecule has 292 valence electrons. The van der Waals surface area contributed by atoms with Crippen molar-refractivity contribution in [2.75, 3.05) is 17.4 Å². The number of rotatable bonds is 11. The van der Waals surface area contributed by atoms with Gasteiger partial charge in [0.2, 0.25) is 10.0 Å². The van der Waals surface area contributed by atoms with Gasteiger partial charge in [-0.2, -0.15) is 30.0 Å². The van der Waals surface area contributed by atoms with Crippen LogP contribution < -0.4 is 19.4 Å². The normalized spacial score (nSPS) is 14.9. The largest absolute Gasteiger partial charge is 0.506 e. The van der Waals surface area contributed by atoms with Crippen molar-refractivity contribution in [3.63, 3.8) is 0 Å². The molecule has 1 aliphatic heterocycles. The number of aryl methyl sites for hydroxylation is 1. The number of carbonyl (C=O) groups is 1. The molecule has 1 fully saturated rings. The topological polar surface area (TPSA) is 217 Å². The Labute approximate surface area is 313 Å². The van der Waals surface area contributed by atoms with Crippen LogP contribution in [0.5, 0.6) is 5.75 Å². The molecule has 4 aromatic carbocycles. The van der Waals surface area contributed by atoms with Crippen molar-refractivity contribution >= 4 is 52.9 Å². The van der Waals surface area contributed by atoms with E-state index in [1.54, 1.807) is 36.4 Å². The minimum Gasteiger partial charge on any atom is -0.506 e. The molecule has 5 aromatic rings. The lowest BCUT2D eigenvalue weighted by molar-refractivity contribution is -0.138. The van der Waals surface area contributed by atoms with Crippen molar-refractivity contribution in [2.45, 2.75) is 35.6 Å². The molecule has 1 aliphatic rings. The molecule has 0 bridgehead atoms. The van der Waals surface area contributed by atoms with Crippen LogP contribution in [0.3, 0.4) is 0 Å². The van der Waals surface area contributed by atoms with Gasteiger partial charge in [-0.15, -0.1) is 0 Å².